The molecule has 9 heteroatoms. The number of hydrogen-bond donors (Lipinski definition) is 2. The van der Waals surface area contributed by atoms with Gasteiger partial charge in [-0.1, -0.05) is 13.8 Å². The number of nitrogens with one attached hydrogen (secondary N) is 1. The number of aromatic amines is 1. The number of aromatic nitrogens is 1. The molecule has 1 fully saturated rings. The van der Waals surface area contributed by atoms with Crippen molar-refractivity contribution >= 4 is 15.9 Å². The molecule has 1 aliphatic heterocycles. The van der Waals surface area contributed by atoms with Crippen LogP contribution in [-0.2, 0) is 10.0 Å². The number of carbonyl (C=O) groups excluding carboxylic acids is 1. The summed E-state index contributed by atoms with van der Waals surface area (Å²) in [7, 11) is -0.589. The minimum Gasteiger partial charge on any atom is -0.391 e. The molecule has 0 aliphatic carbocycles. The van der Waals surface area contributed by atoms with E-state index in [4.69, 9.17) is 0 Å². The summed E-state index contributed by atoms with van der Waals surface area (Å²) in [5, 5.41) is 10.2. The molecule has 0 radical (unpaired) electrons. The van der Waals surface area contributed by atoms with Crippen LogP contribution in [0.1, 0.15) is 35.8 Å². The van der Waals surface area contributed by atoms with Gasteiger partial charge >= 0.3 is 0 Å². The lowest BCUT2D eigenvalue weighted by molar-refractivity contribution is 0.0762. The van der Waals surface area contributed by atoms with Crippen LogP contribution in [0.3, 0.4) is 0 Å². The SMILES string of the molecule is CC(C)c1[nH]c(=O)ccc1C(=O)N1C[C@@H](CS(=O)(=O)N(C)C)[C@@H](O)C1. The molecule has 0 bridgehead atoms. The predicted octanol–water partition coefficient (Wildman–Crippen LogP) is -0.177. The number of aliphatic hydroxyl groups is 1. The molecular formula is C16H25N3O5S. The van der Waals surface area contributed by atoms with E-state index in [1.54, 1.807) is 0 Å². The highest BCUT2D eigenvalue weighted by molar-refractivity contribution is 7.89. The van der Waals surface area contributed by atoms with E-state index in [1.165, 1.54) is 31.1 Å². The minimum atomic E-state index is -3.47. The number of amides is 1. The van der Waals surface area contributed by atoms with Crippen LogP contribution in [0.4, 0.5) is 0 Å². The van der Waals surface area contributed by atoms with Crippen molar-refractivity contribution in [2.45, 2.75) is 25.9 Å². The highest BCUT2D eigenvalue weighted by Crippen LogP contribution is 2.24. The fourth-order valence-electron chi connectivity index (χ4n) is 2.91. The van der Waals surface area contributed by atoms with Crippen LogP contribution < -0.4 is 5.56 Å². The number of carbonyl (C=O) groups is 1. The Hall–Kier alpha value is -1.71. The molecule has 1 aromatic rings. The van der Waals surface area contributed by atoms with Crippen molar-refractivity contribution in [3.8, 4) is 0 Å². The number of sulfonamides is 1. The second-order valence-electron chi connectivity index (χ2n) is 6.90. The van der Waals surface area contributed by atoms with Gasteiger partial charge in [-0.05, 0) is 12.0 Å². The molecule has 2 heterocycles. The molecule has 25 heavy (non-hydrogen) atoms. The van der Waals surface area contributed by atoms with Gasteiger partial charge in [-0.3, -0.25) is 9.59 Å². The third kappa shape index (κ3) is 4.28. The summed E-state index contributed by atoms with van der Waals surface area (Å²) >= 11 is 0. The van der Waals surface area contributed by atoms with Crippen LogP contribution in [0.2, 0.25) is 0 Å². The number of H-pyrrole nitrogens is 1. The third-order valence-corrected chi connectivity index (χ3v) is 6.39. The fourth-order valence-corrected chi connectivity index (χ4v) is 4.07. The molecule has 0 spiro atoms. The van der Waals surface area contributed by atoms with Gasteiger partial charge in [-0.15, -0.1) is 0 Å². The number of hydrogen-bond acceptors (Lipinski definition) is 5. The highest BCUT2D eigenvalue weighted by atomic mass is 32.2. The molecule has 0 saturated carbocycles. The van der Waals surface area contributed by atoms with Gasteiger partial charge in [0.2, 0.25) is 15.6 Å². The van der Waals surface area contributed by atoms with Gasteiger partial charge < -0.3 is 15.0 Å². The van der Waals surface area contributed by atoms with Gasteiger partial charge in [-0.2, -0.15) is 0 Å². The van der Waals surface area contributed by atoms with Crippen molar-refractivity contribution in [1.29, 1.82) is 0 Å². The first-order valence-corrected chi connectivity index (χ1v) is 9.74. The lowest BCUT2D eigenvalue weighted by atomic mass is 10.0. The van der Waals surface area contributed by atoms with Gasteiger partial charge in [0.1, 0.15) is 0 Å². The molecule has 1 saturated heterocycles. The van der Waals surface area contributed by atoms with Crippen LogP contribution in [0.5, 0.6) is 0 Å². The minimum absolute atomic E-state index is 0.0507. The number of rotatable bonds is 5. The Balaban J connectivity index is 2.21. The van der Waals surface area contributed by atoms with Crippen LogP contribution in [0.15, 0.2) is 16.9 Å². The normalized spacial score (nSPS) is 21.3. The molecular weight excluding hydrogens is 346 g/mol. The lowest BCUT2D eigenvalue weighted by Crippen LogP contribution is -2.34. The van der Waals surface area contributed by atoms with E-state index in [2.05, 4.69) is 4.98 Å². The number of pyridine rings is 1. The first-order chi connectivity index (χ1) is 11.5. The number of likely N-dealkylation sites (tertiary alicyclic amines) is 1. The maximum absolute atomic E-state index is 12.8. The molecule has 140 valence electrons. The van der Waals surface area contributed by atoms with Gasteiger partial charge in [0.05, 0.1) is 17.4 Å². The van der Waals surface area contributed by atoms with Crippen molar-refractivity contribution in [1.82, 2.24) is 14.2 Å². The van der Waals surface area contributed by atoms with E-state index in [-0.39, 0.29) is 36.2 Å². The Labute approximate surface area is 147 Å². The molecule has 2 N–H and O–H groups in total. The van der Waals surface area contributed by atoms with E-state index < -0.39 is 22.0 Å². The Bertz CT molecular complexity index is 800. The molecule has 1 aromatic heterocycles. The van der Waals surface area contributed by atoms with E-state index >= 15 is 0 Å². The molecule has 0 aromatic carbocycles. The van der Waals surface area contributed by atoms with E-state index in [0.29, 0.717) is 11.3 Å². The molecule has 2 atom stereocenters. The highest BCUT2D eigenvalue weighted by Gasteiger charge is 2.38. The van der Waals surface area contributed by atoms with Gasteiger partial charge in [0, 0.05) is 44.9 Å². The van der Waals surface area contributed by atoms with Crippen molar-refractivity contribution in [2.24, 2.45) is 5.92 Å². The maximum Gasteiger partial charge on any atom is 0.255 e. The van der Waals surface area contributed by atoms with Crippen LogP contribution in [-0.4, -0.2) is 72.7 Å². The van der Waals surface area contributed by atoms with Crippen LogP contribution >= 0.6 is 0 Å². The Morgan fingerprint density at radius 1 is 1.36 bits per heavy atom. The Morgan fingerprint density at radius 3 is 2.56 bits per heavy atom. The average molecular weight is 371 g/mol. The third-order valence-electron chi connectivity index (χ3n) is 4.43. The lowest BCUT2D eigenvalue weighted by Gasteiger charge is -2.19. The topological polar surface area (TPSA) is 111 Å². The summed E-state index contributed by atoms with van der Waals surface area (Å²) in [5.74, 6) is -1.12. The van der Waals surface area contributed by atoms with Crippen molar-refractivity contribution in [3.05, 3.63) is 33.7 Å². The van der Waals surface area contributed by atoms with Gasteiger partial charge in [0.15, 0.2) is 0 Å². The summed E-state index contributed by atoms with van der Waals surface area (Å²) in [6.45, 7) is 3.97. The Kier molecular flexibility index (Phi) is 5.70. The Morgan fingerprint density at radius 2 is 2.00 bits per heavy atom. The average Bonchev–Trinajstić information content (AvgIpc) is 2.86. The second kappa shape index (κ2) is 7.27. The standard InChI is InChI=1S/C16H25N3O5S/c1-10(2)15-12(5-6-14(21)17-15)16(22)19-7-11(13(20)8-19)9-25(23,24)18(3)4/h5-6,10-11,13,20H,7-9H2,1-4H3,(H,17,21)/t11-,13-/m0/s1. The first-order valence-electron chi connectivity index (χ1n) is 8.13. The largest absolute Gasteiger partial charge is 0.391 e. The summed E-state index contributed by atoms with van der Waals surface area (Å²) < 4.78 is 25.2. The zero-order valence-corrected chi connectivity index (χ0v) is 15.7. The first kappa shape index (κ1) is 19.6. The summed E-state index contributed by atoms with van der Waals surface area (Å²) in [5.41, 5.74) is 0.630. The number of aliphatic hydroxyl groups excluding tert-OH is 1. The van der Waals surface area contributed by atoms with Gasteiger partial charge in [0.25, 0.3) is 5.91 Å². The van der Waals surface area contributed by atoms with Crippen molar-refractivity contribution in [3.63, 3.8) is 0 Å². The number of nitrogens with zero attached hydrogens (tertiary/aromatic N) is 2. The molecule has 0 unspecified atom stereocenters. The fraction of sp³-hybridized carbons (Fsp3) is 0.625. The zero-order valence-electron chi connectivity index (χ0n) is 14.9. The van der Waals surface area contributed by atoms with Gasteiger partial charge in [-0.25, -0.2) is 12.7 Å². The molecule has 2 rings (SSSR count). The van der Waals surface area contributed by atoms with E-state index in [0.717, 1.165) is 4.31 Å². The molecule has 8 nitrogen and oxygen atoms in total. The summed E-state index contributed by atoms with van der Waals surface area (Å²) in [6, 6.07) is 2.77. The smallest absolute Gasteiger partial charge is 0.255 e. The molecule has 1 amide bonds. The predicted molar refractivity (Wildman–Crippen MR) is 94.0 cm³/mol. The maximum atomic E-state index is 12.8. The molecule has 1 aliphatic rings. The zero-order chi connectivity index (χ0) is 18.9. The van der Waals surface area contributed by atoms with E-state index in [9.17, 15) is 23.1 Å². The quantitative estimate of drug-likeness (QED) is 0.746. The monoisotopic (exact) mass is 371 g/mol. The summed E-state index contributed by atoms with van der Waals surface area (Å²) in [6.07, 6.45) is -0.899. The number of β-amino-alcohol motifs (C(OH)–C–C–N with tert-alkyl or cyclic N) is 1. The second-order valence-corrected chi connectivity index (χ2v) is 9.13. The van der Waals surface area contributed by atoms with Crippen LogP contribution in [0.25, 0.3) is 0 Å². The van der Waals surface area contributed by atoms with Crippen LogP contribution in [0, 0.1) is 5.92 Å². The van der Waals surface area contributed by atoms with E-state index in [1.807, 2.05) is 13.8 Å². The van der Waals surface area contributed by atoms with Crippen molar-refractivity contribution < 1.29 is 18.3 Å². The summed E-state index contributed by atoms with van der Waals surface area (Å²) in [4.78, 5) is 28.5. The van der Waals surface area contributed by atoms with Crippen molar-refractivity contribution in [2.75, 3.05) is 32.9 Å².